The fourth-order valence-electron chi connectivity index (χ4n) is 1.30. The summed E-state index contributed by atoms with van der Waals surface area (Å²) in [6.45, 7) is 4.12. The molecule has 0 aliphatic heterocycles. The van der Waals surface area contributed by atoms with Gasteiger partial charge in [0, 0.05) is 11.9 Å². The first kappa shape index (κ1) is 9.27. The van der Waals surface area contributed by atoms with Crippen molar-refractivity contribution in [3.63, 3.8) is 0 Å². The van der Waals surface area contributed by atoms with Crippen molar-refractivity contribution in [1.82, 2.24) is 9.97 Å². The lowest BCUT2D eigenvalue weighted by Gasteiger charge is -2.10. The van der Waals surface area contributed by atoms with E-state index in [4.69, 9.17) is 0 Å². The minimum atomic E-state index is 0.298. The lowest BCUT2D eigenvalue weighted by molar-refractivity contribution is 0.872. The van der Waals surface area contributed by atoms with E-state index < -0.39 is 0 Å². The van der Waals surface area contributed by atoms with Crippen molar-refractivity contribution in [2.75, 3.05) is 5.32 Å². The first-order chi connectivity index (χ1) is 6.75. The van der Waals surface area contributed by atoms with Crippen molar-refractivity contribution < 1.29 is 0 Å². The molecule has 0 aliphatic rings. The van der Waals surface area contributed by atoms with Gasteiger partial charge in [-0.1, -0.05) is 0 Å². The van der Waals surface area contributed by atoms with Crippen molar-refractivity contribution in [3.05, 3.63) is 34.3 Å². The number of aryl methyl sites for hydroxylation is 1. The van der Waals surface area contributed by atoms with Crippen molar-refractivity contribution in [2.24, 2.45) is 0 Å². The Kier molecular flexibility index (Phi) is 2.54. The van der Waals surface area contributed by atoms with Gasteiger partial charge in [-0.2, -0.15) is 11.3 Å². The fourth-order valence-corrected chi connectivity index (χ4v) is 2.05. The Morgan fingerprint density at radius 3 is 3.00 bits per heavy atom. The average molecular weight is 207 g/mol. The smallest absolute Gasteiger partial charge is 0.200 e. The highest BCUT2D eigenvalue weighted by Gasteiger charge is 2.06. The van der Waals surface area contributed by atoms with Gasteiger partial charge in [0.25, 0.3) is 0 Å². The van der Waals surface area contributed by atoms with E-state index in [0.717, 1.165) is 11.6 Å². The summed E-state index contributed by atoms with van der Waals surface area (Å²) in [5.74, 6) is 0.834. The molecule has 0 radical (unpaired) electrons. The Bertz CT molecular complexity index is 391. The molecule has 0 amide bonds. The Hall–Kier alpha value is -1.29. The summed E-state index contributed by atoms with van der Waals surface area (Å²) in [6, 6.07) is 2.42. The van der Waals surface area contributed by atoms with Crippen LogP contribution in [-0.2, 0) is 0 Å². The number of hydrogen-bond acceptors (Lipinski definition) is 3. The highest BCUT2D eigenvalue weighted by atomic mass is 32.1. The van der Waals surface area contributed by atoms with E-state index in [1.54, 1.807) is 11.3 Å². The summed E-state index contributed by atoms with van der Waals surface area (Å²) in [4.78, 5) is 7.35. The molecule has 2 N–H and O–H groups in total. The molecule has 0 aromatic carbocycles. The van der Waals surface area contributed by atoms with Gasteiger partial charge in [-0.25, -0.2) is 4.98 Å². The molecule has 2 rings (SSSR count). The van der Waals surface area contributed by atoms with Crippen LogP contribution in [0.15, 0.2) is 23.0 Å². The van der Waals surface area contributed by atoms with Crippen LogP contribution in [0.25, 0.3) is 0 Å². The number of aromatic nitrogens is 2. The van der Waals surface area contributed by atoms with Crippen LogP contribution in [0.3, 0.4) is 0 Å². The first-order valence-electron chi connectivity index (χ1n) is 4.56. The van der Waals surface area contributed by atoms with E-state index in [0.29, 0.717) is 6.04 Å². The third-order valence-electron chi connectivity index (χ3n) is 2.10. The monoisotopic (exact) mass is 207 g/mol. The van der Waals surface area contributed by atoms with Gasteiger partial charge < -0.3 is 10.3 Å². The highest BCUT2D eigenvalue weighted by Crippen LogP contribution is 2.19. The van der Waals surface area contributed by atoms with Crippen LogP contribution >= 0.6 is 11.3 Å². The summed E-state index contributed by atoms with van der Waals surface area (Å²) in [5.41, 5.74) is 2.37. The molecular weight excluding hydrogens is 194 g/mol. The second-order valence-corrected chi connectivity index (χ2v) is 4.12. The zero-order valence-electron chi connectivity index (χ0n) is 8.24. The Labute approximate surface area is 87.2 Å². The number of hydrogen-bond donors (Lipinski definition) is 2. The lowest BCUT2D eigenvalue weighted by Crippen LogP contribution is -2.06. The molecule has 0 saturated carbocycles. The predicted molar refractivity (Wildman–Crippen MR) is 59.7 cm³/mol. The number of anilines is 1. The number of nitrogens with one attached hydrogen (secondary N) is 2. The number of rotatable bonds is 3. The maximum Gasteiger partial charge on any atom is 0.200 e. The largest absolute Gasteiger partial charge is 0.349 e. The van der Waals surface area contributed by atoms with Crippen molar-refractivity contribution >= 4 is 17.3 Å². The quantitative estimate of drug-likeness (QED) is 0.812. The van der Waals surface area contributed by atoms with E-state index in [1.165, 1.54) is 5.56 Å². The normalized spacial score (nSPS) is 12.7. The third kappa shape index (κ3) is 1.96. The molecule has 0 aliphatic carbocycles. The Morgan fingerprint density at radius 2 is 2.43 bits per heavy atom. The van der Waals surface area contributed by atoms with Crippen molar-refractivity contribution in [1.29, 1.82) is 0 Å². The molecule has 0 saturated heterocycles. The van der Waals surface area contributed by atoms with Crippen LogP contribution in [0.5, 0.6) is 0 Å². The molecule has 0 fully saturated rings. The molecule has 1 atom stereocenters. The third-order valence-corrected chi connectivity index (χ3v) is 2.80. The van der Waals surface area contributed by atoms with E-state index in [1.807, 2.05) is 13.1 Å². The van der Waals surface area contributed by atoms with Gasteiger partial charge >= 0.3 is 0 Å². The van der Waals surface area contributed by atoms with Gasteiger partial charge in [-0.15, -0.1) is 0 Å². The second kappa shape index (κ2) is 3.84. The zero-order valence-corrected chi connectivity index (χ0v) is 9.06. The van der Waals surface area contributed by atoms with E-state index >= 15 is 0 Å². The Morgan fingerprint density at radius 1 is 1.57 bits per heavy atom. The molecular formula is C10H13N3S. The summed E-state index contributed by atoms with van der Waals surface area (Å²) in [5, 5.41) is 7.54. The summed E-state index contributed by atoms with van der Waals surface area (Å²) < 4.78 is 0. The van der Waals surface area contributed by atoms with Gasteiger partial charge in [0.2, 0.25) is 5.95 Å². The van der Waals surface area contributed by atoms with E-state index in [9.17, 15) is 0 Å². The maximum absolute atomic E-state index is 4.20. The van der Waals surface area contributed by atoms with Gasteiger partial charge in [-0.3, -0.25) is 0 Å². The standard InChI is InChI=1S/C10H13N3S/c1-7-5-11-10(12-7)13-8(2)9-3-4-14-6-9/h3-6,8H,1-2H3,(H2,11,12,13). The second-order valence-electron chi connectivity index (χ2n) is 3.34. The van der Waals surface area contributed by atoms with Crippen LogP contribution < -0.4 is 5.32 Å². The lowest BCUT2D eigenvalue weighted by atomic mass is 10.2. The van der Waals surface area contributed by atoms with Gasteiger partial charge in [0.1, 0.15) is 0 Å². The maximum atomic E-state index is 4.20. The Balaban J connectivity index is 2.05. The summed E-state index contributed by atoms with van der Waals surface area (Å²) in [6.07, 6.45) is 1.82. The molecule has 74 valence electrons. The first-order valence-corrected chi connectivity index (χ1v) is 5.50. The van der Waals surface area contributed by atoms with E-state index in [-0.39, 0.29) is 0 Å². The van der Waals surface area contributed by atoms with Crippen molar-refractivity contribution in [3.8, 4) is 0 Å². The molecule has 4 heteroatoms. The number of thiophene rings is 1. The molecule has 0 spiro atoms. The van der Waals surface area contributed by atoms with Crippen LogP contribution in [0.4, 0.5) is 5.95 Å². The van der Waals surface area contributed by atoms with Gasteiger partial charge in [0.05, 0.1) is 6.04 Å². The summed E-state index contributed by atoms with van der Waals surface area (Å²) in [7, 11) is 0. The minimum absolute atomic E-state index is 0.298. The number of imidazole rings is 1. The van der Waals surface area contributed by atoms with Crippen molar-refractivity contribution in [2.45, 2.75) is 19.9 Å². The number of nitrogens with zero attached hydrogens (tertiary/aromatic N) is 1. The summed E-state index contributed by atoms with van der Waals surface area (Å²) >= 11 is 1.71. The van der Waals surface area contributed by atoms with Crippen LogP contribution in [-0.4, -0.2) is 9.97 Å². The fraction of sp³-hybridized carbons (Fsp3) is 0.300. The molecule has 2 aromatic heterocycles. The molecule has 1 unspecified atom stereocenters. The molecule has 14 heavy (non-hydrogen) atoms. The highest BCUT2D eigenvalue weighted by molar-refractivity contribution is 7.07. The SMILES string of the molecule is Cc1cnc(NC(C)c2ccsc2)[nH]1. The number of aromatic amines is 1. The average Bonchev–Trinajstić information content (AvgIpc) is 2.75. The molecule has 2 aromatic rings. The van der Waals surface area contributed by atoms with Gasteiger partial charge in [-0.05, 0) is 36.2 Å². The zero-order chi connectivity index (χ0) is 9.97. The topological polar surface area (TPSA) is 40.7 Å². The van der Waals surface area contributed by atoms with Gasteiger partial charge in [0.15, 0.2) is 0 Å². The molecule has 3 nitrogen and oxygen atoms in total. The minimum Gasteiger partial charge on any atom is -0.349 e. The molecule has 0 bridgehead atoms. The van der Waals surface area contributed by atoms with Crippen LogP contribution in [0, 0.1) is 6.92 Å². The molecule has 2 heterocycles. The van der Waals surface area contributed by atoms with E-state index in [2.05, 4.69) is 39.0 Å². The number of H-pyrrole nitrogens is 1. The predicted octanol–water partition coefficient (Wildman–Crippen LogP) is 2.95. The van der Waals surface area contributed by atoms with Crippen LogP contribution in [0.1, 0.15) is 24.2 Å². The van der Waals surface area contributed by atoms with Crippen LogP contribution in [0.2, 0.25) is 0 Å².